The van der Waals surface area contributed by atoms with Gasteiger partial charge in [0.15, 0.2) is 0 Å². The zero-order valence-electron chi connectivity index (χ0n) is 11.7. The Bertz CT molecular complexity index is 468. The summed E-state index contributed by atoms with van der Waals surface area (Å²) in [4.78, 5) is 27.7. The molecule has 5 nitrogen and oxygen atoms in total. The minimum absolute atomic E-state index is 0.0803. The van der Waals surface area contributed by atoms with E-state index in [1.54, 1.807) is 6.92 Å². The van der Waals surface area contributed by atoms with Crippen molar-refractivity contribution in [2.75, 3.05) is 0 Å². The maximum Gasteiger partial charge on any atom is 0.305 e. The summed E-state index contributed by atoms with van der Waals surface area (Å²) in [5, 5.41) is 12.2. The molecular formula is C13H20N2O3S. The van der Waals surface area contributed by atoms with Gasteiger partial charge in [0, 0.05) is 6.04 Å². The highest BCUT2D eigenvalue weighted by Gasteiger charge is 2.19. The van der Waals surface area contributed by atoms with E-state index in [9.17, 15) is 9.59 Å². The maximum atomic E-state index is 12.1. The molecule has 6 heteroatoms. The fourth-order valence-electron chi connectivity index (χ4n) is 1.78. The molecule has 0 saturated heterocycles. The molecule has 1 heterocycles. The Morgan fingerprint density at radius 2 is 2.00 bits per heavy atom. The van der Waals surface area contributed by atoms with Crippen LogP contribution in [0.25, 0.3) is 0 Å². The van der Waals surface area contributed by atoms with Crippen LogP contribution >= 0.6 is 11.3 Å². The lowest BCUT2D eigenvalue weighted by molar-refractivity contribution is -0.137. The number of hydrogen-bond donors (Lipinski definition) is 2. The third kappa shape index (κ3) is 4.98. The molecule has 0 radical (unpaired) electrons. The highest BCUT2D eigenvalue weighted by molar-refractivity contribution is 7.13. The van der Waals surface area contributed by atoms with Crippen LogP contribution in [-0.4, -0.2) is 28.0 Å². The summed E-state index contributed by atoms with van der Waals surface area (Å²) in [6, 6.07) is -0.390. The van der Waals surface area contributed by atoms with Gasteiger partial charge in [0.2, 0.25) is 0 Å². The number of aryl methyl sites for hydroxylation is 1. The Hall–Kier alpha value is -1.43. The first-order valence-corrected chi connectivity index (χ1v) is 7.10. The predicted octanol–water partition coefficient (Wildman–Crippen LogP) is 2.24. The molecule has 0 aliphatic rings. The number of rotatable bonds is 6. The molecule has 0 aliphatic carbocycles. The Balaban J connectivity index is 2.78. The van der Waals surface area contributed by atoms with E-state index in [0.29, 0.717) is 10.8 Å². The van der Waals surface area contributed by atoms with Crippen LogP contribution in [0.15, 0.2) is 0 Å². The van der Waals surface area contributed by atoms with Crippen molar-refractivity contribution in [1.29, 1.82) is 0 Å². The highest BCUT2D eigenvalue weighted by atomic mass is 32.1. The number of carbonyl (C=O) groups excluding carboxylic acids is 1. The fourth-order valence-corrected chi connectivity index (χ4v) is 2.62. The molecule has 1 unspecified atom stereocenters. The molecular weight excluding hydrogens is 264 g/mol. The standard InChI is InChI=1S/C13H20N2O3S/c1-7(2)5-10-12(19-9(4)15-10)13(18)14-8(3)6-11(16)17/h7-8H,5-6H2,1-4H3,(H,14,18)(H,16,17). The predicted molar refractivity (Wildman–Crippen MR) is 74.6 cm³/mol. The van der Waals surface area contributed by atoms with Gasteiger partial charge in [-0.05, 0) is 26.2 Å². The smallest absolute Gasteiger partial charge is 0.305 e. The van der Waals surface area contributed by atoms with Crippen molar-refractivity contribution in [2.45, 2.75) is 46.6 Å². The number of carbonyl (C=O) groups is 2. The zero-order valence-corrected chi connectivity index (χ0v) is 12.5. The van der Waals surface area contributed by atoms with Crippen molar-refractivity contribution in [2.24, 2.45) is 5.92 Å². The molecule has 19 heavy (non-hydrogen) atoms. The second-order valence-electron chi connectivity index (χ2n) is 5.08. The van der Waals surface area contributed by atoms with E-state index in [0.717, 1.165) is 17.1 Å². The molecule has 0 spiro atoms. The molecule has 1 aromatic rings. The summed E-state index contributed by atoms with van der Waals surface area (Å²) in [6.07, 6.45) is 0.670. The van der Waals surface area contributed by atoms with Crippen LogP contribution in [0.2, 0.25) is 0 Å². The van der Waals surface area contributed by atoms with E-state index in [4.69, 9.17) is 5.11 Å². The molecule has 2 N–H and O–H groups in total. The average molecular weight is 284 g/mol. The molecule has 0 aliphatic heterocycles. The minimum Gasteiger partial charge on any atom is -0.481 e. The van der Waals surface area contributed by atoms with Crippen LogP contribution in [0, 0.1) is 12.8 Å². The van der Waals surface area contributed by atoms with Crippen molar-refractivity contribution < 1.29 is 14.7 Å². The van der Waals surface area contributed by atoms with Gasteiger partial charge in [0.1, 0.15) is 4.88 Å². The lowest BCUT2D eigenvalue weighted by atomic mass is 10.1. The number of nitrogens with zero attached hydrogens (tertiary/aromatic N) is 1. The van der Waals surface area contributed by atoms with Gasteiger partial charge in [-0.3, -0.25) is 9.59 Å². The molecule has 0 bridgehead atoms. The Labute approximate surface area is 117 Å². The Kier molecular flexibility index (Phi) is 5.47. The number of carboxylic acid groups (broad SMARTS) is 1. The van der Waals surface area contributed by atoms with E-state index < -0.39 is 5.97 Å². The number of carboxylic acids is 1. The number of aromatic nitrogens is 1. The first-order chi connectivity index (χ1) is 8.79. The maximum absolute atomic E-state index is 12.1. The van der Waals surface area contributed by atoms with Crippen molar-refractivity contribution in [3.63, 3.8) is 0 Å². The van der Waals surface area contributed by atoms with Gasteiger partial charge in [0.25, 0.3) is 5.91 Å². The largest absolute Gasteiger partial charge is 0.481 e. The summed E-state index contributed by atoms with van der Waals surface area (Å²) in [5.41, 5.74) is 0.803. The number of aliphatic carboxylic acids is 1. The average Bonchev–Trinajstić information content (AvgIpc) is 2.56. The molecule has 1 aromatic heterocycles. The topological polar surface area (TPSA) is 79.3 Å². The number of nitrogens with one attached hydrogen (secondary N) is 1. The first-order valence-electron chi connectivity index (χ1n) is 6.28. The summed E-state index contributed by atoms with van der Waals surface area (Å²) in [6.45, 7) is 7.70. The van der Waals surface area contributed by atoms with E-state index in [-0.39, 0.29) is 18.4 Å². The first kappa shape index (κ1) is 15.6. The van der Waals surface area contributed by atoms with Gasteiger partial charge in [-0.2, -0.15) is 0 Å². The molecule has 1 rings (SSSR count). The van der Waals surface area contributed by atoms with Crippen LogP contribution in [0.1, 0.15) is 47.6 Å². The minimum atomic E-state index is -0.921. The third-order valence-electron chi connectivity index (χ3n) is 2.47. The second kappa shape index (κ2) is 6.65. The number of amides is 1. The van der Waals surface area contributed by atoms with E-state index in [1.807, 2.05) is 6.92 Å². The van der Waals surface area contributed by atoms with E-state index in [1.165, 1.54) is 11.3 Å². The van der Waals surface area contributed by atoms with Crippen molar-refractivity contribution in [3.8, 4) is 0 Å². The third-order valence-corrected chi connectivity index (χ3v) is 3.48. The lowest BCUT2D eigenvalue weighted by Crippen LogP contribution is -2.34. The lowest BCUT2D eigenvalue weighted by Gasteiger charge is -2.11. The molecule has 0 aromatic carbocycles. The second-order valence-corrected chi connectivity index (χ2v) is 6.28. The normalized spacial score (nSPS) is 12.5. The Morgan fingerprint density at radius 1 is 1.37 bits per heavy atom. The SMILES string of the molecule is Cc1nc(CC(C)C)c(C(=O)NC(C)CC(=O)O)s1. The van der Waals surface area contributed by atoms with Crippen molar-refractivity contribution in [3.05, 3.63) is 15.6 Å². The van der Waals surface area contributed by atoms with E-state index >= 15 is 0 Å². The summed E-state index contributed by atoms with van der Waals surface area (Å²) in [7, 11) is 0. The molecule has 106 valence electrons. The summed E-state index contributed by atoms with van der Waals surface area (Å²) < 4.78 is 0. The summed E-state index contributed by atoms with van der Waals surface area (Å²) in [5.74, 6) is -0.727. The summed E-state index contributed by atoms with van der Waals surface area (Å²) >= 11 is 1.35. The van der Waals surface area contributed by atoms with Gasteiger partial charge in [0.05, 0.1) is 17.1 Å². The van der Waals surface area contributed by atoms with Crippen LogP contribution in [0.3, 0.4) is 0 Å². The van der Waals surface area contributed by atoms with Gasteiger partial charge in [-0.25, -0.2) is 4.98 Å². The monoisotopic (exact) mass is 284 g/mol. The van der Waals surface area contributed by atoms with Gasteiger partial charge in [-0.15, -0.1) is 11.3 Å². The fraction of sp³-hybridized carbons (Fsp3) is 0.615. The zero-order chi connectivity index (χ0) is 14.6. The molecule has 0 fully saturated rings. The highest BCUT2D eigenvalue weighted by Crippen LogP contribution is 2.21. The number of hydrogen-bond acceptors (Lipinski definition) is 4. The Morgan fingerprint density at radius 3 is 2.53 bits per heavy atom. The quantitative estimate of drug-likeness (QED) is 0.839. The van der Waals surface area contributed by atoms with Crippen LogP contribution in [-0.2, 0) is 11.2 Å². The van der Waals surface area contributed by atoms with Crippen molar-refractivity contribution >= 4 is 23.2 Å². The van der Waals surface area contributed by atoms with Gasteiger partial charge < -0.3 is 10.4 Å². The van der Waals surface area contributed by atoms with Crippen LogP contribution < -0.4 is 5.32 Å². The van der Waals surface area contributed by atoms with E-state index in [2.05, 4.69) is 24.1 Å². The van der Waals surface area contributed by atoms with Gasteiger partial charge >= 0.3 is 5.97 Å². The molecule has 0 saturated carbocycles. The van der Waals surface area contributed by atoms with Crippen LogP contribution in [0.5, 0.6) is 0 Å². The van der Waals surface area contributed by atoms with Gasteiger partial charge in [-0.1, -0.05) is 13.8 Å². The molecule has 1 atom stereocenters. The van der Waals surface area contributed by atoms with Crippen LogP contribution in [0.4, 0.5) is 0 Å². The molecule has 1 amide bonds. The number of thiazole rings is 1. The van der Waals surface area contributed by atoms with Crippen molar-refractivity contribution in [1.82, 2.24) is 10.3 Å².